The first-order valence-corrected chi connectivity index (χ1v) is 5.62. The summed E-state index contributed by atoms with van der Waals surface area (Å²) in [6.45, 7) is 4.19. The second-order valence-electron chi connectivity index (χ2n) is 3.95. The van der Waals surface area contributed by atoms with E-state index >= 15 is 0 Å². The fourth-order valence-electron chi connectivity index (χ4n) is 1.26. The van der Waals surface area contributed by atoms with Gasteiger partial charge in [-0.15, -0.1) is 0 Å². The third-order valence-electron chi connectivity index (χ3n) is 2.37. The molecule has 3 nitrogen and oxygen atoms in total. The summed E-state index contributed by atoms with van der Waals surface area (Å²) in [5.41, 5.74) is 3.67. The van der Waals surface area contributed by atoms with Crippen molar-refractivity contribution in [3.05, 3.63) is 59.7 Å². The van der Waals surface area contributed by atoms with Crippen molar-refractivity contribution >= 4 is 5.69 Å². The van der Waals surface area contributed by atoms with Gasteiger partial charge in [0.2, 0.25) is 0 Å². The Bertz CT molecular complexity index is 414. The number of hydrogen-bond acceptors (Lipinski definition) is 3. The van der Waals surface area contributed by atoms with Crippen molar-refractivity contribution in [2.75, 3.05) is 12.4 Å². The summed E-state index contributed by atoms with van der Waals surface area (Å²) in [6, 6.07) is 15.4. The normalized spacial score (nSPS) is 8.61. The van der Waals surface area contributed by atoms with Crippen LogP contribution in [0.5, 0.6) is 5.75 Å². The van der Waals surface area contributed by atoms with Crippen molar-refractivity contribution < 1.29 is 5.11 Å². The third-order valence-corrected chi connectivity index (χ3v) is 2.37. The Labute approximate surface area is 109 Å². The Morgan fingerprint density at radius 3 is 1.50 bits per heavy atom. The van der Waals surface area contributed by atoms with E-state index in [0.717, 1.165) is 5.69 Å². The maximum atomic E-state index is 8.82. The van der Waals surface area contributed by atoms with Crippen LogP contribution in [0.15, 0.2) is 48.5 Å². The van der Waals surface area contributed by atoms with Crippen molar-refractivity contribution in [2.45, 2.75) is 13.8 Å². The molecule has 0 aromatic heterocycles. The van der Waals surface area contributed by atoms with Crippen molar-refractivity contribution in [3.63, 3.8) is 0 Å². The van der Waals surface area contributed by atoms with Crippen LogP contribution >= 0.6 is 0 Å². The standard InChI is InChI=1S/C8H10.C7H9NO.H3N/c1-7-3-5-8(2)6-4-7;1-8-6-2-4-7(9)5-3-6;/h3-6H,1-2H3;2-5,8-9H,1H3;1H3. The van der Waals surface area contributed by atoms with E-state index in [2.05, 4.69) is 43.4 Å². The first-order chi connectivity index (χ1) is 8.11. The summed E-state index contributed by atoms with van der Waals surface area (Å²) in [7, 11) is 1.84. The van der Waals surface area contributed by atoms with Crippen molar-refractivity contribution in [1.29, 1.82) is 0 Å². The molecule has 2 rings (SSSR count). The van der Waals surface area contributed by atoms with E-state index in [1.807, 2.05) is 19.2 Å². The second-order valence-corrected chi connectivity index (χ2v) is 3.95. The van der Waals surface area contributed by atoms with Crippen LogP contribution in [0, 0.1) is 13.8 Å². The largest absolute Gasteiger partial charge is 0.508 e. The minimum Gasteiger partial charge on any atom is -0.508 e. The van der Waals surface area contributed by atoms with Gasteiger partial charge in [0.15, 0.2) is 0 Å². The minimum absolute atomic E-state index is 0. The van der Waals surface area contributed by atoms with Crippen LogP contribution in [-0.4, -0.2) is 12.2 Å². The molecule has 0 atom stereocenters. The summed E-state index contributed by atoms with van der Waals surface area (Å²) >= 11 is 0. The van der Waals surface area contributed by atoms with Gasteiger partial charge >= 0.3 is 0 Å². The molecule has 0 saturated carbocycles. The topological polar surface area (TPSA) is 67.3 Å². The highest BCUT2D eigenvalue weighted by Crippen LogP contribution is 2.12. The van der Waals surface area contributed by atoms with Gasteiger partial charge < -0.3 is 16.6 Å². The van der Waals surface area contributed by atoms with Gasteiger partial charge in [0, 0.05) is 12.7 Å². The van der Waals surface area contributed by atoms with E-state index in [-0.39, 0.29) is 6.15 Å². The van der Waals surface area contributed by atoms with Crippen LogP contribution in [0.1, 0.15) is 11.1 Å². The summed E-state index contributed by atoms with van der Waals surface area (Å²) in [6.07, 6.45) is 0. The number of nitrogens with one attached hydrogen (secondary N) is 1. The highest BCUT2D eigenvalue weighted by molar-refractivity contribution is 5.45. The molecule has 0 spiro atoms. The highest BCUT2D eigenvalue weighted by atomic mass is 16.3. The number of benzene rings is 2. The molecule has 0 amide bonds. The minimum atomic E-state index is 0. The maximum Gasteiger partial charge on any atom is 0.115 e. The number of hydrogen-bond donors (Lipinski definition) is 3. The first kappa shape index (κ1) is 16.0. The molecule has 2 aromatic rings. The number of aryl methyl sites for hydroxylation is 2. The Balaban J connectivity index is 0.000000306. The van der Waals surface area contributed by atoms with E-state index < -0.39 is 0 Å². The predicted molar refractivity (Wildman–Crippen MR) is 78.6 cm³/mol. The van der Waals surface area contributed by atoms with E-state index in [4.69, 9.17) is 5.11 Å². The Morgan fingerprint density at radius 2 is 1.17 bits per heavy atom. The van der Waals surface area contributed by atoms with Gasteiger partial charge in [0.1, 0.15) is 5.75 Å². The van der Waals surface area contributed by atoms with Gasteiger partial charge in [-0.25, -0.2) is 0 Å². The molecular formula is C15H22N2O. The van der Waals surface area contributed by atoms with Gasteiger partial charge in [0.25, 0.3) is 0 Å². The Hall–Kier alpha value is -2.00. The molecule has 0 fully saturated rings. The summed E-state index contributed by atoms with van der Waals surface area (Å²) in [5, 5.41) is 11.8. The molecule has 0 aliphatic heterocycles. The van der Waals surface area contributed by atoms with Crippen LogP contribution in [0.25, 0.3) is 0 Å². The molecule has 98 valence electrons. The SMILES string of the molecule is CNc1ccc(O)cc1.Cc1ccc(C)cc1.N. The average molecular weight is 246 g/mol. The van der Waals surface area contributed by atoms with E-state index in [9.17, 15) is 0 Å². The van der Waals surface area contributed by atoms with Crippen molar-refractivity contribution in [2.24, 2.45) is 0 Å². The van der Waals surface area contributed by atoms with Gasteiger partial charge in [-0.2, -0.15) is 0 Å². The molecule has 0 aliphatic rings. The van der Waals surface area contributed by atoms with Crippen molar-refractivity contribution in [1.82, 2.24) is 6.15 Å². The fraction of sp³-hybridized carbons (Fsp3) is 0.200. The molecule has 5 N–H and O–H groups in total. The monoisotopic (exact) mass is 246 g/mol. The fourth-order valence-corrected chi connectivity index (χ4v) is 1.26. The molecule has 2 aromatic carbocycles. The lowest BCUT2D eigenvalue weighted by Gasteiger charge is -1.96. The molecule has 0 heterocycles. The van der Waals surface area contributed by atoms with E-state index in [0.29, 0.717) is 5.75 Å². The Morgan fingerprint density at radius 1 is 0.778 bits per heavy atom. The molecule has 0 bridgehead atoms. The summed E-state index contributed by atoms with van der Waals surface area (Å²) in [5.74, 6) is 0.300. The zero-order valence-corrected chi connectivity index (χ0v) is 11.3. The smallest absolute Gasteiger partial charge is 0.115 e. The van der Waals surface area contributed by atoms with E-state index in [1.54, 1.807) is 12.1 Å². The molecule has 0 aliphatic carbocycles. The first-order valence-electron chi connectivity index (χ1n) is 5.62. The maximum absolute atomic E-state index is 8.82. The van der Waals surface area contributed by atoms with Crippen molar-refractivity contribution in [3.8, 4) is 5.75 Å². The van der Waals surface area contributed by atoms with Gasteiger partial charge in [-0.05, 0) is 38.1 Å². The number of rotatable bonds is 1. The lowest BCUT2D eigenvalue weighted by molar-refractivity contribution is 0.475. The molecular weight excluding hydrogens is 224 g/mol. The van der Waals surface area contributed by atoms with Crippen LogP contribution < -0.4 is 11.5 Å². The number of anilines is 1. The number of aromatic hydroxyl groups is 1. The highest BCUT2D eigenvalue weighted by Gasteiger charge is 1.85. The van der Waals surface area contributed by atoms with Crippen LogP contribution in [0.2, 0.25) is 0 Å². The zero-order valence-electron chi connectivity index (χ0n) is 11.3. The van der Waals surface area contributed by atoms with Gasteiger partial charge in [0.05, 0.1) is 0 Å². The Kier molecular flexibility index (Phi) is 7.24. The molecule has 3 heteroatoms. The third kappa shape index (κ3) is 5.92. The van der Waals surface area contributed by atoms with Gasteiger partial charge in [-0.1, -0.05) is 35.4 Å². The quantitative estimate of drug-likeness (QED) is 0.668. The molecule has 0 unspecified atom stereocenters. The predicted octanol–water partition coefficient (Wildman–Crippen LogP) is 3.90. The molecule has 0 radical (unpaired) electrons. The summed E-state index contributed by atoms with van der Waals surface area (Å²) < 4.78 is 0. The average Bonchev–Trinajstić information content (AvgIpc) is 2.35. The van der Waals surface area contributed by atoms with Gasteiger partial charge in [-0.3, -0.25) is 0 Å². The zero-order chi connectivity index (χ0) is 12.7. The lowest BCUT2D eigenvalue weighted by atomic mass is 10.2. The van der Waals surface area contributed by atoms with Crippen LogP contribution in [0.4, 0.5) is 5.69 Å². The molecule has 18 heavy (non-hydrogen) atoms. The lowest BCUT2D eigenvalue weighted by Crippen LogP contribution is -1.84. The summed E-state index contributed by atoms with van der Waals surface area (Å²) in [4.78, 5) is 0. The second kappa shape index (κ2) is 8.14. The van der Waals surface area contributed by atoms with E-state index in [1.165, 1.54) is 11.1 Å². The molecule has 0 saturated heterocycles. The number of phenolic OH excluding ortho intramolecular Hbond substituents is 1. The number of phenols is 1. The van der Waals surface area contributed by atoms with Crippen LogP contribution in [0.3, 0.4) is 0 Å². The van der Waals surface area contributed by atoms with Crippen LogP contribution in [-0.2, 0) is 0 Å².